The number of benzene rings is 4. The lowest BCUT2D eigenvalue weighted by molar-refractivity contribution is 0.490. The van der Waals surface area contributed by atoms with Crippen LogP contribution < -0.4 is 11.3 Å². The van der Waals surface area contributed by atoms with Gasteiger partial charge in [0.05, 0.1) is 21.8 Å². The highest BCUT2D eigenvalue weighted by Crippen LogP contribution is 2.19. The minimum absolute atomic E-state index is 0.246. The monoisotopic (exact) mass is 510 g/mol. The molecule has 0 spiro atoms. The summed E-state index contributed by atoms with van der Waals surface area (Å²) in [5.41, 5.74) is 3.97. The SMILES string of the molecule is O=c1oc(/C=C/c2ccccc2)nc2ccc(Cc3ccc4nc(/C=C/c5ccccc5)oc(=O)c4c3)cc12. The van der Waals surface area contributed by atoms with E-state index in [0.29, 0.717) is 28.2 Å². The van der Waals surface area contributed by atoms with Crippen LogP contribution in [-0.2, 0) is 6.42 Å². The van der Waals surface area contributed by atoms with Gasteiger partial charge in [0.1, 0.15) is 0 Å². The van der Waals surface area contributed by atoms with Crippen molar-refractivity contribution in [1.82, 2.24) is 9.97 Å². The molecule has 4 aromatic carbocycles. The minimum Gasteiger partial charge on any atom is -0.404 e. The summed E-state index contributed by atoms with van der Waals surface area (Å²) in [5, 5.41) is 0.808. The molecule has 0 aliphatic rings. The number of hydrogen-bond donors (Lipinski definition) is 0. The summed E-state index contributed by atoms with van der Waals surface area (Å²) in [4.78, 5) is 34.4. The van der Waals surface area contributed by atoms with Crippen LogP contribution in [0.5, 0.6) is 0 Å². The molecule has 39 heavy (non-hydrogen) atoms. The maximum absolute atomic E-state index is 12.7. The van der Waals surface area contributed by atoms with Crippen molar-refractivity contribution in [2.24, 2.45) is 0 Å². The highest BCUT2D eigenvalue weighted by atomic mass is 16.4. The average molecular weight is 511 g/mol. The minimum atomic E-state index is -0.450. The number of fused-ring (bicyclic) bond motifs is 2. The lowest BCUT2D eigenvalue weighted by atomic mass is 10.0. The average Bonchev–Trinajstić information content (AvgIpc) is 2.97. The van der Waals surface area contributed by atoms with E-state index in [1.165, 1.54) is 0 Å². The normalized spacial score (nSPS) is 11.7. The summed E-state index contributed by atoms with van der Waals surface area (Å²) in [6.07, 6.45) is 7.57. The van der Waals surface area contributed by atoms with Gasteiger partial charge in [0.2, 0.25) is 11.8 Å². The molecule has 6 aromatic rings. The first-order valence-electron chi connectivity index (χ1n) is 12.4. The van der Waals surface area contributed by atoms with Gasteiger partial charge in [-0.25, -0.2) is 19.6 Å². The quantitative estimate of drug-likeness (QED) is 0.250. The van der Waals surface area contributed by atoms with Gasteiger partial charge in [0.15, 0.2) is 0 Å². The van der Waals surface area contributed by atoms with E-state index in [2.05, 4.69) is 9.97 Å². The van der Waals surface area contributed by atoms with Crippen molar-refractivity contribution in [3.05, 3.63) is 152 Å². The molecule has 0 fully saturated rings. The maximum atomic E-state index is 12.7. The molecule has 188 valence electrons. The van der Waals surface area contributed by atoms with E-state index < -0.39 is 11.3 Å². The summed E-state index contributed by atoms with van der Waals surface area (Å²) in [6, 6.07) is 30.5. The topological polar surface area (TPSA) is 86.2 Å². The second-order valence-electron chi connectivity index (χ2n) is 9.05. The summed E-state index contributed by atoms with van der Waals surface area (Å²) < 4.78 is 10.9. The van der Waals surface area contributed by atoms with Crippen LogP contribution >= 0.6 is 0 Å². The predicted molar refractivity (Wildman–Crippen MR) is 154 cm³/mol. The zero-order chi connectivity index (χ0) is 26.6. The largest absolute Gasteiger partial charge is 0.404 e. The lowest BCUT2D eigenvalue weighted by Crippen LogP contribution is -2.05. The zero-order valence-corrected chi connectivity index (χ0v) is 20.8. The fourth-order valence-electron chi connectivity index (χ4n) is 4.33. The third-order valence-electron chi connectivity index (χ3n) is 6.26. The standard InChI is InChI=1S/C33H22N2O4/c36-32-26-20-24(11-15-28(26)34-30(38-32)17-13-22-7-3-1-4-8-22)19-25-12-16-29-27(21-25)33(37)39-31(35-29)18-14-23-9-5-2-6-10-23/h1-18,20-21H,19H2/b17-13+,18-14+. The molecule has 0 unspecified atom stereocenters. The molecule has 0 saturated heterocycles. The number of aromatic nitrogens is 2. The third-order valence-corrected chi connectivity index (χ3v) is 6.26. The number of rotatable bonds is 6. The molecule has 0 aliphatic carbocycles. The number of hydrogen-bond acceptors (Lipinski definition) is 6. The Hall–Kier alpha value is -5.36. The van der Waals surface area contributed by atoms with Gasteiger partial charge in [-0.05, 0) is 65.1 Å². The Morgan fingerprint density at radius 2 is 0.974 bits per heavy atom. The van der Waals surface area contributed by atoms with Gasteiger partial charge in [0, 0.05) is 12.2 Å². The van der Waals surface area contributed by atoms with Gasteiger partial charge in [-0.1, -0.05) is 72.8 Å². The summed E-state index contributed by atoms with van der Waals surface area (Å²) in [5.74, 6) is 0.492. The van der Waals surface area contributed by atoms with Crippen LogP contribution in [0.25, 0.3) is 46.1 Å². The van der Waals surface area contributed by atoms with Gasteiger partial charge in [-0.15, -0.1) is 0 Å². The Bertz CT molecular complexity index is 1830. The molecule has 6 rings (SSSR count). The van der Waals surface area contributed by atoms with Crippen LogP contribution in [0, 0.1) is 0 Å². The Balaban J connectivity index is 1.24. The van der Waals surface area contributed by atoms with Crippen LogP contribution in [0.1, 0.15) is 34.0 Å². The van der Waals surface area contributed by atoms with E-state index in [1.807, 2.05) is 97.1 Å². The van der Waals surface area contributed by atoms with E-state index in [1.54, 1.807) is 24.3 Å². The number of nitrogens with zero attached hydrogens (tertiary/aromatic N) is 2. The molecule has 0 radical (unpaired) electrons. The van der Waals surface area contributed by atoms with Gasteiger partial charge in [-0.2, -0.15) is 0 Å². The second kappa shape index (κ2) is 10.6. The van der Waals surface area contributed by atoms with Crippen LogP contribution in [0.3, 0.4) is 0 Å². The first-order chi connectivity index (χ1) is 19.1. The van der Waals surface area contributed by atoms with Crippen molar-refractivity contribution in [2.75, 3.05) is 0 Å². The molecule has 0 bridgehead atoms. The summed E-state index contributed by atoms with van der Waals surface area (Å²) >= 11 is 0. The molecular formula is C33H22N2O4. The Morgan fingerprint density at radius 1 is 0.538 bits per heavy atom. The lowest BCUT2D eigenvalue weighted by Gasteiger charge is -2.05. The van der Waals surface area contributed by atoms with Gasteiger partial charge < -0.3 is 8.83 Å². The molecule has 6 nitrogen and oxygen atoms in total. The van der Waals surface area contributed by atoms with Crippen LogP contribution in [0.2, 0.25) is 0 Å². The predicted octanol–water partition coefficient (Wildman–Crippen LogP) is 6.62. The van der Waals surface area contributed by atoms with E-state index in [4.69, 9.17) is 8.83 Å². The fourth-order valence-corrected chi connectivity index (χ4v) is 4.33. The third kappa shape index (κ3) is 5.50. The van der Waals surface area contributed by atoms with Gasteiger partial charge >= 0.3 is 11.3 Å². The Morgan fingerprint density at radius 3 is 1.41 bits per heavy atom. The van der Waals surface area contributed by atoms with Crippen molar-refractivity contribution in [3.8, 4) is 0 Å². The first kappa shape index (κ1) is 24.0. The van der Waals surface area contributed by atoms with Crippen molar-refractivity contribution in [3.63, 3.8) is 0 Å². The van der Waals surface area contributed by atoms with E-state index in [-0.39, 0.29) is 11.8 Å². The van der Waals surface area contributed by atoms with Crippen molar-refractivity contribution in [2.45, 2.75) is 6.42 Å². The summed E-state index contributed by atoms with van der Waals surface area (Å²) in [7, 11) is 0. The molecule has 0 N–H and O–H groups in total. The van der Waals surface area contributed by atoms with Crippen LogP contribution in [0.15, 0.2) is 115 Å². The van der Waals surface area contributed by atoms with E-state index in [0.717, 1.165) is 22.3 Å². The second-order valence-corrected chi connectivity index (χ2v) is 9.05. The molecule has 0 aliphatic heterocycles. The Kier molecular flexibility index (Phi) is 6.50. The van der Waals surface area contributed by atoms with Crippen LogP contribution in [0.4, 0.5) is 0 Å². The molecule has 0 amide bonds. The van der Waals surface area contributed by atoms with Gasteiger partial charge in [0.25, 0.3) is 0 Å². The zero-order valence-electron chi connectivity index (χ0n) is 20.8. The van der Waals surface area contributed by atoms with Crippen molar-refractivity contribution in [1.29, 1.82) is 0 Å². The highest BCUT2D eigenvalue weighted by molar-refractivity contribution is 5.81. The fraction of sp³-hybridized carbons (Fsp3) is 0.0303. The van der Waals surface area contributed by atoms with Crippen LogP contribution in [-0.4, -0.2) is 9.97 Å². The molecule has 2 aromatic heterocycles. The van der Waals surface area contributed by atoms with Crippen molar-refractivity contribution >= 4 is 46.1 Å². The highest BCUT2D eigenvalue weighted by Gasteiger charge is 2.09. The first-order valence-corrected chi connectivity index (χ1v) is 12.4. The maximum Gasteiger partial charge on any atom is 0.347 e. The van der Waals surface area contributed by atoms with E-state index >= 15 is 0 Å². The summed E-state index contributed by atoms with van der Waals surface area (Å²) in [6.45, 7) is 0. The molecule has 6 heteroatoms. The molecule has 0 atom stereocenters. The van der Waals surface area contributed by atoms with Gasteiger partial charge in [-0.3, -0.25) is 0 Å². The smallest absolute Gasteiger partial charge is 0.347 e. The molecule has 2 heterocycles. The van der Waals surface area contributed by atoms with E-state index in [9.17, 15) is 9.59 Å². The Labute approximate surface area is 223 Å². The molecule has 0 saturated carbocycles. The molecular weight excluding hydrogens is 488 g/mol. The van der Waals surface area contributed by atoms with Crippen molar-refractivity contribution < 1.29 is 8.83 Å².